The normalized spacial score (nSPS) is 17.8. The van der Waals surface area contributed by atoms with Crippen molar-refractivity contribution in [2.75, 3.05) is 25.0 Å². The molecule has 2 aromatic heterocycles. The van der Waals surface area contributed by atoms with Crippen molar-refractivity contribution in [3.05, 3.63) is 41.4 Å². The highest BCUT2D eigenvalue weighted by Gasteiger charge is 2.31. The number of likely N-dealkylation sites (N-methyl/N-ethyl adjacent to an activating group) is 1. The molecule has 25 heavy (non-hydrogen) atoms. The van der Waals surface area contributed by atoms with Gasteiger partial charge in [0.05, 0.1) is 5.69 Å². The van der Waals surface area contributed by atoms with Crippen molar-refractivity contribution in [3.8, 4) is 0 Å². The summed E-state index contributed by atoms with van der Waals surface area (Å²) in [4.78, 5) is 21.6. The molecule has 1 fully saturated rings. The summed E-state index contributed by atoms with van der Waals surface area (Å²) in [5, 5.41) is 4.08. The van der Waals surface area contributed by atoms with Crippen LogP contribution in [-0.4, -0.2) is 47.1 Å². The zero-order chi connectivity index (χ0) is 18.0. The number of pyridine rings is 1. The lowest BCUT2D eigenvalue weighted by Crippen LogP contribution is -2.49. The number of aryl methyl sites for hydroxylation is 1. The molecule has 1 aliphatic heterocycles. The van der Waals surface area contributed by atoms with Crippen molar-refractivity contribution in [3.63, 3.8) is 0 Å². The van der Waals surface area contributed by atoms with Gasteiger partial charge in [0, 0.05) is 32.4 Å². The number of carbonyl (C=O) groups is 1. The summed E-state index contributed by atoms with van der Waals surface area (Å²) in [5.74, 6) is 1.71. The van der Waals surface area contributed by atoms with Gasteiger partial charge in [0.2, 0.25) is 0 Å². The molecule has 2 aromatic rings. The molecule has 0 radical (unpaired) electrons. The molecule has 0 spiro atoms. The molecule has 1 amide bonds. The van der Waals surface area contributed by atoms with E-state index >= 15 is 0 Å². The fourth-order valence-electron chi connectivity index (χ4n) is 3.41. The summed E-state index contributed by atoms with van der Waals surface area (Å²) in [7, 11) is 1.88. The van der Waals surface area contributed by atoms with Crippen molar-refractivity contribution in [1.29, 1.82) is 0 Å². The number of aromatic nitrogens is 2. The molecule has 0 aromatic carbocycles. The molecule has 6 nitrogen and oxygen atoms in total. The molecule has 1 aliphatic rings. The summed E-state index contributed by atoms with van der Waals surface area (Å²) in [6.45, 7) is 7.62. The molecular weight excluding hydrogens is 316 g/mol. The fraction of sp³-hybridized carbons (Fsp3) is 0.526. The molecule has 134 valence electrons. The Labute approximate surface area is 148 Å². The number of nitrogens with zero attached hydrogens (tertiary/aromatic N) is 4. The Kier molecular flexibility index (Phi) is 5.06. The van der Waals surface area contributed by atoms with E-state index in [1.54, 1.807) is 6.92 Å². The van der Waals surface area contributed by atoms with E-state index in [-0.39, 0.29) is 17.9 Å². The Balaban J connectivity index is 1.77. The highest BCUT2D eigenvalue weighted by atomic mass is 16.5. The molecule has 6 heteroatoms. The molecule has 1 unspecified atom stereocenters. The van der Waals surface area contributed by atoms with Crippen LogP contribution in [0.25, 0.3) is 0 Å². The van der Waals surface area contributed by atoms with E-state index in [2.05, 4.69) is 15.0 Å². The van der Waals surface area contributed by atoms with Crippen LogP contribution >= 0.6 is 0 Å². The van der Waals surface area contributed by atoms with Gasteiger partial charge < -0.3 is 14.3 Å². The third-order valence-corrected chi connectivity index (χ3v) is 4.89. The Morgan fingerprint density at radius 3 is 2.88 bits per heavy atom. The van der Waals surface area contributed by atoms with Crippen LogP contribution in [0, 0.1) is 6.92 Å². The van der Waals surface area contributed by atoms with Gasteiger partial charge in [0.1, 0.15) is 17.1 Å². The van der Waals surface area contributed by atoms with Crippen LogP contribution in [-0.2, 0) is 0 Å². The van der Waals surface area contributed by atoms with Crippen molar-refractivity contribution in [2.45, 2.75) is 45.6 Å². The highest BCUT2D eigenvalue weighted by Crippen LogP contribution is 2.26. The Hall–Kier alpha value is -2.37. The van der Waals surface area contributed by atoms with Gasteiger partial charge in [-0.25, -0.2) is 4.98 Å². The Bertz CT molecular complexity index is 726. The first-order valence-electron chi connectivity index (χ1n) is 8.88. The summed E-state index contributed by atoms with van der Waals surface area (Å²) < 4.78 is 5.29. The number of anilines is 1. The zero-order valence-corrected chi connectivity index (χ0v) is 15.4. The number of hydrogen-bond acceptors (Lipinski definition) is 5. The predicted octanol–water partition coefficient (Wildman–Crippen LogP) is 3.24. The van der Waals surface area contributed by atoms with Crippen LogP contribution in [0.15, 0.2) is 28.9 Å². The number of hydrogen-bond donors (Lipinski definition) is 0. The van der Waals surface area contributed by atoms with Gasteiger partial charge >= 0.3 is 0 Å². The maximum atomic E-state index is 13.1. The smallest absolute Gasteiger partial charge is 0.259 e. The lowest BCUT2D eigenvalue weighted by molar-refractivity contribution is 0.0714. The van der Waals surface area contributed by atoms with E-state index in [1.807, 2.05) is 50.2 Å². The van der Waals surface area contributed by atoms with Gasteiger partial charge in [0.25, 0.3) is 5.91 Å². The minimum Gasteiger partial charge on any atom is -0.361 e. The van der Waals surface area contributed by atoms with E-state index in [0.29, 0.717) is 11.3 Å². The zero-order valence-electron chi connectivity index (χ0n) is 15.4. The molecule has 0 N–H and O–H groups in total. The minimum absolute atomic E-state index is 0.00433. The van der Waals surface area contributed by atoms with Crippen LogP contribution in [0.3, 0.4) is 0 Å². The lowest BCUT2D eigenvalue weighted by Gasteiger charge is -2.38. The van der Waals surface area contributed by atoms with Crippen LogP contribution < -0.4 is 4.90 Å². The summed E-state index contributed by atoms with van der Waals surface area (Å²) >= 11 is 0. The summed E-state index contributed by atoms with van der Waals surface area (Å²) in [6.07, 6.45) is 3.84. The maximum Gasteiger partial charge on any atom is 0.259 e. The van der Waals surface area contributed by atoms with Gasteiger partial charge in [-0.3, -0.25) is 4.79 Å². The average molecular weight is 342 g/mol. The van der Waals surface area contributed by atoms with E-state index in [4.69, 9.17) is 4.52 Å². The largest absolute Gasteiger partial charge is 0.361 e. The fourth-order valence-corrected chi connectivity index (χ4v) is 3.41. The first-order chi connectivity index (χ1) is 12.0. The van der Waals surface area contributed by atoms with Crippen LogP contribution in [0.1, 0.15) is 54.4 Å². The third-order valence-electron chi connectivity index (χ3n) is 4.89. The van der Waals surface area contributed by atoms with Gasteiger partial charge in [-0.05, 0) is 37.8 Å². The van der Waals surface area contributed by atoms with Crippen molar-refractivity contribution < 1.29 is 9.32 Å². The molecule has 3 heterocycles. The highest BCUT2D eigenvalue weighted by molar-refractivity contribution is 5.96. The lowest BCUT2D eigenvalue weighted by atomic mass is 10.0. The van der Waals surface area contributed by atoms with E-state index in [0.717, 1.165) is 37.4 Å². The summed E-state index contributed by atoms with van der Waals surface area (Å²) in [5.41, 5.74) is 1.36. The van der Waals surface area contributed by atoms with Gasteiger partial charge in [-0.15, -0.1) is 0 Å². The molecule has 1 atom stereocenters. The van der Waals surface area contributed by atoms with E-state index in [9.17, 15) is 4.79 Å². The van der Waals surface area contributed by atoms with Crippen molar-refractivity contribution in [1.82, 2.24) is 15.0 Å². The molecule has 0 bridgehead atoms. The topological polar surface area (TPSA) is 62.5 Å². The average Bonchev–Trinajstić information content (AvgIpc) is 3.03. The minimum atomic E-state index is -0.00433. The van der Waals surface area contributed by atoms with Crippen LogP contribution in [0.5, 0.6) is 0 Å². The summed E-state index contributed by atoms with van der Waals surface area (Å²) in [6, 6.07) is 6.09. The Morgan fingerprint density at radius 2 is 2.20 bits per heavy atom. The van der Waals surface area contributed by atoms with Gasteiger partial charge in [-0.1, -0.05) is 25.1 Å². The van der Waals surface area contributed by atoms with Crippen molar-refractivity contribution in [2.24, 2.45) is 0 Å². The van der Waals surface area contributed by atoms with E-state index < -0.39 is 0 Å². The second-order valence-electron chi connectivity index (χ2n) is 7.00. The molecule has 0 saturated carbocycles. The monoisotopic (exact) mass is 342 g/mol. The second-order valence-corrected chi connectivity index (χ2v) is 7.00. The van der Waals surface area contributed by atoms with Crippen molar-refractivity contribution >= 4 is 11.7 Å². The third kappa shape index (κ3) is 3.52. The molecule has 3 rings (SSSR count). The Morgan fingerprint density at radius 1 is 1.40 bits per heavy atom. The number of piperidine rings is 1. The van der Waals surface area contributed by atoms with Crippen LogP contribution in [0.4, 0.5) is 5.82 Å². The second kappa shape index (κ2) is 7.25. The number of rotatable bonds is 4. The quantitative estimate of drug-likeness (QED) is 0.853. The SMILES string of the molecule is Cc1onc(C(C)C)c1C(=O)N(C)C1CCCN(c2ccccn2)C1. The first-order valence-corrected chi connectivity index (χ1v) is 8.88. The number of carbonyl (C=O) groups excluding carboxylic acids is 1. The van der Waals surface area contributed by atoms with E-state index in [1.165, 1.54) is 0 Å². The molecular formula is C19H26N4O2. The predicted molar refractivity (Wildman–Crippen MR) is 96.9 cm³/mol. The van der Waals surface area contributed by atoms with Gasteiger partial charge in [0.15, 0.2) is 0 Å². The molecule has 1 saturated heterocycles. The standard InChI is InChI=1S/C19H26N4O2/c1-13(2)18-17(14(3)25-21-18)19(24)22(4)15-8-7-11-23(12-15)16-9-5-6-10-20-16/h5-6,9-10,13,15H,7-8,11-12H2,1-4H3. The van der Waals surface area contributed by atoms with Gasteiger partial charge in [-0.2, -0.15) is 0 Å². The molecule has 0 aliphatic carbocycles. The maximum absolute atomic E-state index is 13.1. The first kappa shape index (κ1) is 17.5. The van der Waals surface area contributed by atoms with Crippen LogP contribution in [0.2, 0.25) is 0 Å². The number of amides is 1.